The van der Waals surface area contributed by atoms with E-state index < -0.39 is 11.7 Å². The van der Waals surface area contributed by atoms with Crippen molar-refractivity contribution in [1.29, 1.82) is 0 Å². The molecule has 24 heavy (non-hydrogen) atoms. The standard InChI is InChI=1S/C17H15F3N4/c1-9-5-13-15(21-8-9)24(2)16(23-13)14-7-10-6-11(17(18,19)20)3-4-12(10)22-14/h3-5,7-8,15,22H,6H2,1-2H3. The number of aliphatic imine (C=N–C) groups is 2. The number of hydrogen-bond donors (Lipinski definition) is 1. The second-order valence-corrected chi connectivity index (χ2v) is 6.17. The van der Waals surface area contributed by atoms with Crippen molar-refractivity contribution in [2.45, 2.75) is 25.7 Å². The van der Waals surface area contributed by atoms with Crippen LogP contribution in [0.25, 0.3) is 11.9 Å². The van der Waals surface area contributed by atoms with E-state index in [1.54, 1.807) is 12.3 Å². The molecule has 1 aromatic rings. The molecule has 0 saturated heterocycles. The zero-order valence-electron chi connectivity index (χ0n) is 13.1. The Morgan fingerprint density at radius 2 is 2.08 bits per heavy atom. The fourth-order valence-electron chi connectivity index (χ4n) is 3.14. The first-order valence-electron chi connectivity index (χ1n) is 7.56. The van der Waals surface area contributed by atoms with Crippen molar-refractivity contribution in [3.63, 3.8) is 0 Å². The summed E-state index contributed by atoms with van der Waals surface area (Å²) in [5.74, 6) is 0.689. The first-order valence-corrected chi connectivity index (χ1v) is 7.56. The Morgan fingerprint density at radius 3 is 2.83 bits per heavy atom. The van der Waals surface area contributed by atoms with Gasteiger partial charge in [-0.2, -0.15) is 13.2 Å². The Morgan fingerprint density at radius 1 is 1.29 bits per heavy atom. The van der Waals surface area contributed by atoms with Crippen LogP contribution in [0.3, 0.4) is 0 Å². The molecule has 0 radical (unpaired) electrons. The second-order valence-electron chi connectivity index (χ2n) is 6.17. The van der Waals surface area contributed by atoms with E-state index >= 15 is 0 Å². The molecular formula is C17H15F3N4. The second kappa shape index (κ2) is 4.96. The van der Waals surface area contributed by atoms with Crippen molar-refractivity contribution in [3.05, 3.63) is 45.6 Å². The number of aromatic nitrogens is 1. The van der Waals surface area contributed by atoms with Crippen molar-refractivity contribution >= 4 is 23.8 Å². The van der Waals surface area contributed by atoms with E-state index in [4.69, 9.17) is 0 Å². The number of allylic oxidation sites excluding steroid dienone is 3. The summed E-state index contributed by atoms with van der Waals surface area (Å²) >= 11 is 0. The van der Waals surface area contributed by atoms with E-state index in [2.05, 4.69) is 15.0 Å². The number of halogens is 3. The highest BCUT2D eigenvalue weighted by atomic mass is 19.4. The van der Waals surface area contributed by atoms with E-state index in [-0.39, 0.29) is 12.6 Å². The van der Waals surface area contributed by atoms with Gasteiger partial charge >= 0.3 is 6.18 Å². The average Bonchev–Trinajstić information content (AvgIpc) is 3.06. The third-order valence-electron chi connectivity index (χ3n) is 4.37. The molecular weight excluding hydrogens is 317 g/mol. The molecule has 0 aromatic carbocycles. The van der Waals surface area contributed by atoms with Crippen molar-refractivity contribution < 1.29 is 13.2 Å². The van der Waals surface area contributed by atoms with Crippen LogP contribution in [0, 0.1) is 0 Å². The minimum atomic E-state index is -4.30. The van der Waals surface area contributed by atoms with Gasteiger partial charge in [-0.25, -0.2) is 4.99 Å². The van der Waals surface area contributed by atoms with Crippen molar-refractivity contribution in [3.8, 4) is 0 Å². The van der Waals surface area contributed by atoms with Crippen LogP contribution in [0.1, 0.15) is 12.5 Å². The Bertz CT molecular complexity index is 957. The minimum absolute atomic E-state index is 0.125. The summed E-state index contributed by atoms with van der Waals surface area (Å²) in [5.41, 5.74) is 1.97. The van der Waals surface area contributed by atoms with E-state index in [1.165, 1.54) is 6.08 Å². The first kappa shape index (κ1) is 15.0. The molecule has 1 atom stereocenters. The van der Waals surface area contributed by atoms with Crippen LogP contribution in [0.2, 0.25) is 0 Å². The maximum Gasteiger partial charge on any atom is 0.413 e. The molecule has 1 aromatic heterocycles. The van der Waals surface area contributed by atoms with Gasteiger partial charge in [0.05, 0.1) is 11.1 Å². The summed E-state index contributed by atoms with van der Waals surface area (Å²) in [6, 6.07) is 1.75. The van der Waals surface area contributed by atoms with Crippen LogP contribution in [-0.2, 0) is 6.42 Å². The molecule has 4 nitrogen and oxygen atoms in total. The van der Waals surface area contributed by atoms with Crippen LogP contribution in [-0.4, -0.2) is 41.2 Å². The van der Waals surface area contributed by atoms with E-state index in [1.807, 2.05) is 24.9 Å². The number of dihydropyridines is 1. The topological polar surface area (TPSA) is 43.8 Å². The highest BCUT2D eigenvalue weighted by Gasteiger charge is 2.34. The summed E-state index contributed by atoms with van der Waals surface area (Å²) < 4.78 is 38.7. The van der Waals surface area contributed by atoms with Crippen LogP contribution in [0.15, 0.2) is 39.3 Å². The molecule has 0 fully saturated rings. The molecule has 7 heteroatoms. The van der Waals surface area contributed by atoms with Crippen LogP contribution < -0.4 is 10.7 Å². The van der Waals surface area contributed by atoms with Gasteiger partial charge < -0.3 is 9.88 Å². The van der Waals surface area contributed by atoms with Gasteiger partial charge in [0.1, 0.15) is 0 Å². The van der Waals surface area contributed by atoms with Crippen LogP contribution in [0.4, 0.5) is 13.2 Å². The Hall–Kier alpha value is -2.57. The molecule has 3 heterocycles. The largest absolute Gasteiger partial charge is 0.413 e. The lowest BCUT2D eigenvalue weighted by Gasteiger charge is -2.20. The zero-order chi connectivity index (χ0) is 17.1. The molecule has 1 unspecified atom stereocenters. The maximum atomic E-state index is 12.9. The molecule has 124 valence electrons. The predicted octanol–water partition coefficient (Wildman–Crippen LogP) is 1.65. The van der Waals surface area contributed by atoms with E-state index in [0.717, 1.165) is 17.4 Å². The monoisotopic (exact) mass is 332 g/mol. The SMILES string of the molecule is CC1=CC2=NC(=c3cc4c([nH]3)=CC=C(C(F)(F)F)C4)N(C)C2N=C1. The van der Waals surface area contributed by atoms with Gasteiger partial charge in [0.15, 0.2) is 12.0 Å². The molecule has 0 bridgehead atoms. The number of alkyl halides is 3. The maximum absolute atomic E-state index is 12.9. The summed E-state index contributed by atoms with van der Waals surface area (Å²) in [6.45, 7) is 1.95. The van der Waals surface area contributed by atoms with Crippen molar-refractivity contribution in [1.82, 2.24) is 9.88 Å². The fraction of sp³-hybridized carbons (Fsp3) is 0.294. The lowest BCUT2D eigenvalue weighted by Crippen LogP contribution is -2.32. The Balaban J connectivity index is 1.78. The molecule has 1 N–H and O–H groups in total. The number of rotatable bonds is 0. The number of aromatic amines is 1. The number of nitrogens with one attached hydrogen (secondary N) is 1. The number of hydrogen-bond acceptors (Lipinski definition) is 3. The highest BCUT2D eigenvalue weighted by molar-refractivity contribution is 6.09. The normalized spacial score (nSPS) is 24.8. The summed E-state index contributed by atoms with van der Waals surface area (Å²) in [7, 11) is 1.88. The molecule has 0 saturated carbocycles. The first-order chi connectivity index (χ1) is 11.3. The number of H-pyrrole nitrogens is 1. The van der Waals surface area contributed by atoms with Gasteiger partial charge in [-0.1, -0.05) is 6.08 Å². The molecule has 2 aliphatic heterocycles. The minimum Gasteiger partial charge on any atom is -0.352 e. The molecule has 1 aliphatic carbocycles. The Labute approximate surface area is 136 Å². The van der Waals surface area contributed by atoms with Gasteiger partial charge in [0, 0.05) is 30.6 Å². The average molecular weight is 332 g/mol. The summed E-state index contributed by atoms with van der Waals surface area (Å²) in [4.78, 5) is 14.2. The quantitative estimate of drug-likeness (QED) is 0.771. The summed E-state index contributed by atoms with van der Waals surface area (Å²) in [5, 5.41) is 1.41. The lowest BCUT2D eigenvalue weighted by atomic mass is 10.0. The molecule has 0 spiro atoms. The summed E-state index contributed by atoms with van der Waals surface area (Å²) in [6.07, 6.45) is 1.79. The number of fused-ring (bicyclic) bond motifs is 2. The zero-order valence-corrected chi connectivity index (χ0v) is 13.1. The van der Waals surface area contributed by atoms with Crippen LogP contribution >= 0.6 is 0 Å². The fourth-order valence-corrected chi connectivity index (χ4v) is 3.14. The van der Waals surface area contributed by atoms with E-state index in [0.29, 0.717) is 22.1 Å². The lowest BCUT2D eigenvalue weighted by molar-refractivity contribution is -0.0931. The highest BCUT2D eigenvalue weighted by Crippen LogP contribution is 2.29. The Kier molecular flexibility index (Phi) is 3.10. The van der Waals surface area contributed by atoms with Gasteiger partial charge in [-0.3, -0.25) is 4.99 Å². The van der Waals surface area contributed by atoms with Crippen molar-refractivity contribution in [2.24, 2.45) is 9.98 Å². The predicted molar refractivity (Wildman–Crippen MR) is 87.0 cm³/mol. The van der Waals surface area contributed by atoms with Gasteiger partial charge in [0.25, 0.3) is 0 Å². The third-order valence-corrected chi connectivity index (χ3v) is 4.37. The number of nitrogens with zero attached hydrogens (tertiary/aromatic N) is 3. The van der Waals surface area contributed by atoms with Gasteiger partial charge in [-0.05, 0) is 36.3 Å². The molecule has 0 amide bonds. The van der Waals surface area contributed by atoms with E-state index in [9.17, 15) is 13.2 Å². The smallest absolute Gasteiger partial charge is 0.352 e. The third kappa shape index (κ3) is 2.31. The van der Waals surface area contributed by atoms with Crippen LogP contribution in [0.5, 0.6) is 0 Å². The molecule has 4 rings (SSSR count). The molecule has 3 aliphatic rings. The van der Waals surface area contributed by atoms with Gasteiger partial charge in [-0.15, -0.1) is 0 Å². The van der Waals surface area contributed by atoms with Crippen molar-refractivity contribution in [2.75, 3.05) is 7.05 Å². The van der Waals surface area contributed by atoms with Gasteiger partial charge in [0.2, 0.25) is 0 Å².